The summed E-state index contributed by atoms with van der Waals surface area (Å²) in [5.41, 5.74) is 2.81. The largest absolute Gasteiger partial charge is 0.342 e. The number of imidazole rings is 1. The molecule has 0 saturated carbocycles. The van der Waals surface area contributed by atoms with Crippen LogP contribution in [0.1, 0.15) is 30.6 Å². The number of rotatable bonds is 3. The topological polar surface area (TPSA) is 28.7 Å². The first-order valence-electron chi connectivity index (χ1n) is 5.96. The molecule has 1 aromatic heterocycles. The normalized spacial score (nSPS) is 12.3. The molecular formula is C14H17Cl3N2. The van der Waals surface area contributed by atoms with Crippen molar-refractivity contribution in [3.63, 3.8) is 0 Å². The summed E-state index contributed by atoms with van der Waals surface area (Å²) < 4.78 is 0. The first kappa shape index (κ1) is 16.4. The van der Waals surface area contributed by atoms with E-state index in [2.05, 4.69) is 23.8 Å². The lowest BCUT2D eigenvalue weighted by molar-refractivity contribution is 0.612. The molecule has 1 heterocycles. The van der Waals surface area contributed by atoms with E-state index in [-0.39, 0.29) is 17.8 Å². The van der Waals surface area contributed by atoms with Crippen LogP contribution in [0, 0.1) is 12.8 Å². The van der Waals surface area contributed by atoms with E-state index in [1.807, 2.05) is 31.2 Å². The van der Waals surface area contributed by atoms with Gasteiger partial charge in [0, 0.05) is 11.3 Å². The zero-order chi connectivity index (χ0) is 13.3. The zero-order valence-electron chi connectivity index (χ0n) is 11.1. The molecule has 0 spiro atoms. The molecule has 0 fully saturated rings. The summed E-state index contributed by atoms with van der Waals surface area (Å²) in [5, 5.41) is 0.603. The molecular weight excluding hydrogens is 303 g/mol. The average Bonchev–Trinajstić information content (AvgIpc) is 2.70. The molecule has 2 aromatic rings. The second-order valence-corrected chi connectivity index (χ2v) is 5.60. The van der Waals surface area contributed by atoms with Crippen LogP contribution in [0.4, 0.5) is 0 Å². The molecule has 1 unspecified atom stereocenters. The van der Waals surface area contributed by atoms with E-state index in [1.54, 1.807) is 0 Å². The Bertz CT molecular complexity index is 549. The lowest BCUT2D eigenvalue weighted by atomic mass is 10.1. The Hall–Kier alpha value is -0.700. The fourth-order valence-corrected chi connectivity index (χ4v) is 2.28. The molecule has 0 amide bonds. The van der Waals surface area contributed by atoms with Crippen LogP contribution in [-0.2, 0) is 0 Å². The lowest BCUT2D eigenvalue weighted by Crippen LogP contribution is -2.01. The van der Waals surface area contributed by atoms with Gasteiger partial charge < -0.3 is 4.98 Å². The Morgan fingerprint density at radius 2 is 1.84 bits per heavy atom. The maximum Gasteiger partial charge on any atom is 0.139 e. The predicted molar refractivity (Wildman–Crippen MR) is 84.5 cm³/mol. The standard InChI is InChI=1S/C14H16Cl2N2.ClH/c1-8(2)12(16)13-9(3)17-14(18-13)10-6-4-5-7-11(10)15;/h4-8,12H,1-3H3,(H,17,18);1H. The number of nitrogens with zero attached hydrogens (tertiary/aromatic N) is 1. The molecule has 0 saturated heterocycles. The minimum atomic E-state index is -0.0857. The molecule has 0 aliphatic carbocycles. The van der Waals surface area contributed by atoms with Crippen LogP contribution < -0.4 is 0 Å². The van der Waals surface area contributed by atoms with Gasteiger partial charge in [-0.05, 0) is 25.0 Å². The van der Waals surface area contributed by atoms with Crippen molar-refractivity contribution in [1.29, 1.82) is 0 Å². The van der Waals surface area contributed by atoms with Crippen LogP contribution in [0.2, 0.25) is 5.02 Å². The Balaban J connectivity index is 0.00000180. The molecule has 19 heavy (non-hydrogen) atoms. The van der Waals surface area contributed by atoms with Crippen molar-refractivity contribution in [3.05, 3.63) is 40.7 Å². The van der Waals surface area contributed by atoms with Gasteiger partial charge in [-0.1, -0.05) is 37.6 Å². The fourth-order valence-electron chi connectivity index (χ4n) is 1.84. The number of aromatic amines is 1. The Labute approximate surface area is 130 Å². The van der Waals surface area contributed by atoms with E-state index in [0.717, 1.165) is 22.8 Å². The van der Waals surface area contributed by atoms with Crippen molar-refractivity contribution in [2.45, 2.75) is 26.1 Å². The minimum Gasteiger partial charge on any atom is -0.342 e. The first-order chi connectivity index (χ1) is 8.50. The van der Waals surface area contributed by atoms with Crippen LogP contribution in [0.5, 0.6) is 0 Å². The summed E-state index contributed by atoms with van der Waals surface area (Å²) in [6.45, 7) is 6.16. The summed E-state index contributed by atoms with van der Waals surface area (Å²) in [5.74, 6) is 1.12. The number of benzene rings is 1. The predicted octanol–water partition coefficient (Wildman–Crippen LogP) is 5.40. The van der Waals surface area contributed by atoms with Crippen LogP contribution in [-0.4, -0.2) is 9.97 Å². The van der Waals surface area contributed by atoms with E-state index in [9.17, 15) is 0 Å². The van der Waals surface area contributed by atoms with E-state index < -0.39 is 0 Å². The van der Waals surface area contributed by atoms with Gasteiger partial charge in [0.1, 0.15) is 5.82 Å². The third-order valence-corrected chi connectivity index (χ3v) is 3.94. The third-order valence-electron chi connectivity index (χ3n) is 2.90. The highest BCUT2D eigenvalue weighted by Gasteiger charge is 2.20. The highest BCUT2D eigenvalue weighted by molar-refractivity contribution is 6.33. The van der Waals surface area contributed by atoms with Crippen molar-refractivity contribution < 1.29 is 0 Å². The molecule has 0 aliphatic rings. The maximum absolute atomic E-state index is 6.37. The van der Waals surface area contributed by atoms with E-state index in [4.69, 9.17) is 23.2 Å². The maximum atomic E-state index is 6.37. The number of hydrogen-bond acceptors (Lipinski definition) is 1. The lowest BCUT2D eigenvalue weighted by Gasteiger charge is -2.10. The van der Waals surface area contributed by atoms with Crippen molar-refractivity contribution in [3.8, 4) is 11.4 Å². The fraction of sp³-hybridized carbons (Fsp3) is 0.357. The Morgan fingerprint density at radius 1 is 1.21 bits per heavy atom. The van der Waals surface area contributed by atoms with Gasteiger partial charge in [0.05, 0.1) is 16.1 Å². The summed E-state index contributed by atoms with van der Waals surface area (Å²) in [6.07, 6.45) is 0. The zero-order valence-corrected chi connectivity index (χ0v) is 13.4. The monoisotopic (exact) mass is 318 g/mol. The molecule has 0 aliphatic heterocycles. The Morgan fingerprint density at radius 3 is 2.42 bits per heavy atom. The van der Waals surface area contributed by atoms with Crippen LogP contribution in [0.25, 0.3) is 11.4 Å². The number of nitrogens with one attached hydrogen (secondary N) is 1. The average molecular weight is 320 g/mol. The molecule has 2 rings (SSSR count). The van der Waals surface area contributed by atoms with Crippen LogP contribution >= 0.6 is 35.6 Å². The first-order valence-corrected chi connectivity index (χ1v) is 6.77. The van der Waals surface area contributed by atoms with E-state index in [1.165, 1.54) is 0 Å². The van der Waals surface area contributed by atoms with Gasteiger partial charge in [0.25, 0.3) is 0 Å². The van der Waals surface area contributed by atoms with Gasteiger partial charge in [-0.25, -0.2) is 4.98 Å². The molecule has 0 bridgehead atoms. The van der Waals surface area contributed by atoms with E-state index in [0.29, 0.717) is 10.9 Å². The molecule has 1 N–H and O–H groups in total. The summed E-state index contributed by atoms with van der Waals surface area (Å²) >= 11 is 12.5. The number of H-pyrrole nitrogens is 1. The van der Waals surface area contributed by atoms with Crippen LogP contribution in [0.3, 0.4) is 0 Å². The molecule has 0 radical (unpaired) electrons. The number of alkyl halides is 1. The van der Waals surface area contributed by atoms with Crippen LogP contribution in [0.15, 0.2) is 24.3 Å². The van der Waals surface area contributed by atoms with Gasteiger partial charge in [-0.3, -0.25) is 0 Å². The quantitative estimate of drug-likeness (QED) is 0.754. The van der Waals surface area contributed by atoms with E-state index >= 15 is 0 Å². The smallest absolute Gasteiger partial charge is 0.139 e. The second kappa shape index (κ2) is 6.65. The molecule has 104 valence electrons. The van der Waals surface area contributed by atoms with Gasteiger partial charge in [-0.15, -0.1) is 24.0 Å². The number of aryl methyl sites for hydroxylation is 1. The highest BCUT2D eigenvalue weighted by atomic mass is 35.5. The minimum absolute atomic E-state index is 0. The van der Waals surface area contributed by atoms with Crippen molar-refractivity contribution in [2.75, 3.05) is 0 Å². The van der Waals surface area contributed by atoms with Gasteiger partial charge in [0.15, 0.2) is 0 Å². The molecule has 2 nitrogen and oxygen atoms in total. The van der Waals surface area contributed by atoms with Gasteiger partial charge in [-0.2, -0.15) is 0 Å². The SMILES string of the molecule is Cc1[nH]c(-c2ccccc2Cl)nc1C(Cl)C(C)C.Cl. The number of halogens is 3. The Kier molecular flexibility index (Phi) is 5.72. The van der Waals surface area contributed by atoms with Gasteiger partial charge in [0.2, 0.25) is 0 Å². The van der Waals surface area contributed by atoms with Gasteiger partial charge >= 0.3 is 0 Å². The summed E-state index contributed by atoms with van der Waals surface area (Å²) in [7, 11) is 0. The van der Waals surface area contributed by atoms with Crippen molar-refractivity contribution in [1.82, 2.24) is 9.97 Å². The third kappa shape index (κ3) is 3.44. The van der Waals surface area contributed by atoms with Crippen molar-refractivity contribution >= 4 is 35.6 Å². The number of aromatic nitrogens is 2. The second-order valence-electron chi connectivity index (χ2n) is 4.72. The molecule has 1 aromatic carbocycles. The molecule has 5 heteroatoms. The summed E-state index contributed by atoms with van der Waals surface area (Å²) in [6, 6.07) is 7.65. The molecule has 1 atom stereocenters. The highest BCUT2D eigenvalue weighted by Crippen LogP contribution is 2.32. The summed E-state index contributed by atoms with van der Waals surface area (Å²) in [4.78, 5) is 7.85. The van der Waals surface area contributed by atoms with Crippen molar-refractivity contribution in [2.24, 2.45) is 5.92 Å². The number of hydrogen-bond donors (Lipinski definition) is 1.